The fourth-order valence-corrected chi connectivity index (χ4v) is 3.74. The number of rotatable bonds is 8. The lowest BCUT2D eigenvalue weighted by atomic mass is 10.1. The Morgan fingerprint density at radius 3 is 2.74 bits per heavy atom. The van der Waals surface area contributed by atoms with Gasteiger partial charge in [-0.3, -0.25) is 14.5 Å². The summed E-state index contributed by atoms with van der Waals surface area (Å²) < 4.78 is 30.2. The summed E-state index contributed by atoms with van der Waals surface area (Å²) in [5, 5.41) is 2.31. The first-order valence-electron chi connectivity index (χ1n) is 7.94. The van der Waals surface area contributed by atoms with Gasteiger partial charge in [-0.25, -0.2) is 4.98 Å². The second-order valence-electron chi connectivity index (χ2n) is 5.26. The first-order chi connectivity index (χ1) is 12.8. The molecule has 1 aromatic carbocycles. The van der Waals surface area contributed by atoms with Crippen molar-refractivity contribution < 1.29 is 23.1 Å². The van der Waals surface area contributed by atoms with Gasteiger partial charge in [-0.05, 0) is 37.3 Å². The first-order valence-corrected chi connectivity index (χ1v) is 9.70. The molecule has 0 fully saturated rings. The van der Waals surface area contributed by atoms with E-state index in [1.807, 2.05) is 6.92 Å². The second-order valence-corrected chi connectivity index (χ2v) is 7.13. The second kappa shape index (κ2) is 9.61. The van der Waals surface area contributed by atoms with Gasteiger partial charge >= 0.3 is 0 Å². The van der Waals surface area contributed by atoms with Crippen LogP contribution in [0.25, 0.3) is 6.08 Å². The van der Waals surface area contributed by atoms with Crippen LogP contribution >= 0.6 is 23.1 Å². The molecule has 0 aliphatic heterocycles. The SMILES string of the molecule is CCN(C(C)=O)c1nc(/C=C/C(=O)c2ccc(SC(F)F)c(OC)c2)cs1. The number of amides is 1. The van der Waals surface area contributed by atoms with Gasteiger partial charge in [0.2, 0.25) is 5.91 Å². The lowest BCUT2D eigenvalue weighted by Gasteiger charge is -2.14. The molecule has 144 valence electrons. The summed E-state index contributed by atoms with van der Waals surface area (Å²) in [5.74, 6) is -2.77. The molecule has 2 aromatic rings. The Morgan fingerprint density at radius 2 is 2.15 bits per heavy atom. The van der Waals surface area contributed by atoms with Crippen molar-refractivity contribution in [1.82, 2.24) is 4.98 Å². The Morgan fingerprint density at radius 1 is 1.41 bits per heavy atom. The molecule has 0 saturated heterocycles. The number of ketones is 1. The lowest BCUT2D eigenvalue weighted by molar-refractivity contribution is -0.116. The predicted octanol–water partition coefficient (Wildman–Crippen LogP) is 4.74. The molecule has 27 heavy (non-hydrogen) atoms. The van der Waals surface area contributed by atoms with Gasteiger partial charge in [0.1, 0.15) is 5.75 Å². The van der Waals surface area contributed by atoms with E-state index in [1.54, 1.807) is 11.5 Å². The Bertz CT molecular complexity index is 853. The van der Waals surface area contributed by atoms with Crippen molar-refractivity contribution in [2.24, 2.45) is 0 Å². The van der Waals surface area contributed by atoms with Crippen LogP contribution in [0.15, 0.2) is 34.6 Å². The van der Waals surface area contributed by atoms with E-state index in [9.17, 15) is 18.4 Å². The van der Waals surface area contributed by atoms with Gasteiger partial charge in [0.05, 0.1) is 17.7 Å². The summed E-state index contributed by atoms with van der Waals surface area (Å²) in [6, 6.07) is 4.34. The van der Waals surface area contributed by atoms with E-state index in [2.05, 4.69) is 4.98 Å². The quantitative estimate of drug-likeness (QED) is 0.356. The van der Waals surface area contributed by atoms with Crippen LogP contribution < -0.4 is 9.64 Å². The lowest BCUT2D eigenvalue weighted by Crippen LogP contribution is -2.27. The molecule has 2 rings (SSSR count). The van der Waals surface area contributed by atoms with Crippen molar-refractivity contribution >= 4 is 46.0 Å². The molecule has 1 heterocycles. The molecule has 0 atom stereocenters. The Balaban J connectivity index is 2.15. The van der Waals surface area contributed by atoms with Gasteiger partial charge < -0.3 is 4.74 Å². The summed E-state index contributed by atoms with van der Waals surface area (Å²) in [6.45, 7) is 3.83. The molecular formula is C18H18F2N2O3S2. The van der Waals surface area contributed by atoms with Crippen molar-refractivity contribution in [2.45, 2.75) is 24.5 Å². The standard InChI is InChI=1S/C18H18F2N2O3S2/c1-4-22(11(2)23)18-21-13(10-26-18)6-7-14(24)12-5-8-16(27-17(19)20)15(9-12)25-3/h5-10,17H,4H2,1-3H3/b7-6+. The minimum absolute atomic E-state index is 0.104. The summed E-state index contributed by atoms with van der Waals surface area (Å²) in [5.41, 5.74) is 0.871. The van der Waals surface area contributed by atoms with Gasteiger partial charge in [0, 0.05) is 24.4 Å². The number of hydrogen-bond acceptors (Lipinski definition) is 6. The van der Waals surface area contributed by atoms with E-state index in [4.69, 9.17) is 4.74 Å². The van der Waals surface area contributed by atoms with Crippen molar-refractivity contribution in [3.05, 3.63) is 40.9 Å². The highest BCUT2D eigenvalue weighted by atomic mass is 32.2. The fourth-order valence-electron chi connectivity index (χ4n) is 2.24. The van der Waals surface area contributed by atoms with E-state index < -0.39 is 5.76 Å². The minimum Gasteiger partial charge on any atom is -0.496 e. The van der Waals surface area contributed by atoms with Crippen LogP contribution in [0.4, 0.5) is 13.9 Å². The number of alkyl halides is 2. The summed E-state index contributed by atoms with van der Waals surface area (Å²) >= 11 is 1.67. The number of carbonyl (C=O) groups excluding carboxylic acids is 2. The third kappa shape index (κ3) is 5.61. The first kappa shape index (κ1) is 21.0. The van der Waals surface area contributed by atoms with Crippen LogP contribution in [0.3, 0.4) is 0 Å². The van der Waals surface area contributed by atoms with Crippen LogP contribution in [0.2, 0.25) is 0 Å². The van der Waals surface area contributed by atoms with Crippen LogP contribution in [-0.4, -0.2) is 36.1 Å². The number of methoxy groups -OCH3 is 1. The zero-order valence-corrected chi connectivity index (χ0v) is 16.6. The maximum Gasteiger partial charge on any atom is 0.289 e. The third-order valence-electron chi connectivity index (χ3n) is 3.51. The molecule has 0 unspecified atom stereocenters. The molecular weight excluding hydrogens is 394 g/mol. The largest absolute Gasteiger partial charge is 0.496 e. The molecule has 1 amide bonds. The van der Waals surface area contributed by atoms with Gasteiger partial charge in [-0.15, -0.1) is 11.3 Å². The molecule has 0 aliphatic carbocycles. The van der Waals surface area contributed by atoms with Crippen LogP contribution in [0.5, 0.6) is 5.75 Å². The van der Waals surface area contributed by atoms with Gasteiger partial charge in [-0.1, -0.05) is 11.8 Å². The number of nitrogens with zero attached hydrogens (tertiary/aromatic N) is 2. The van der Waals surface area contributed by atoms with Gasteiger partial charge in [0.25, 0.3) is 5.76 Å². The van der Waals surface area contributed by atoms with Crippen molar-refractivity contribution in [3.8, 4) is 5.75 Å². The average Bonchev–Trinajstić information content (AvgIpc) is 3.08. The Kier molecular flexibility index (Phi) is 7.49. The molecule has 0 bridgehead atoms. The number of benzene rings is 1. The van der Waals surface area contributed by atoms with Gasteiger partial charge in [-0.2, -0.15) is 8.78 Å². The van der Waals surface area contributed by atoms with E-state index in [0.717, 1.165) is 0 Å². The number of hydrogen-bond donors (Lipinski definition) is 0. The number of halogens is 2. The number of carbonyl (C=O) groups is 2. The molecule has 0 N–H and O–H groups in total. The molecule has 1 aromatic heterocycles. The van der Waals surface area contributed by atoms with Crippen molar-refractivity contribution in [1.29, 1.82) is 0 Å². The highest BCUT2D eigenvalue weighted by Gasteiger charge is 2.14. The normalized spacial score (nSPS) is 11.2. The Hall–Kier alpha value is -2.26. The average molecular weight is 412 g/mol. The van der Waals surface area contributed by atoms with Crippen molar-refractivity contribution in [2.75, 3.05) is 18.6 Å². The zero-order chi connectivity index (χ0) is 20.0. The molecule has 5 nitrogen and oxygen atoms in total. The van der Waals surface area contributed by atoms with E-state index in [-0.39, 0.29) is 22.3 Å². The van der Waals surface area contributed by atoms with Crippen LogP contribution in [0.1, 0.15) is 29.9 Å². The summed E-state index contributed by atoms with van der Waals surface area (Å²) in [6.07, 6.45) is 2.89. The Labute approximate surface area is 164 Å². The highest BCUT2D eigenvalue weighted by molar-refractivity contribution is 7.99. The molecule has 0 aliphatic rings. The van der Waals surface area contributed by atoms with Crippen LogP contribution in [-0.2, 0) is 4.79 Å². The van der Waals surface area contributed by atoms with Crippen molar-refractivity contribution in [3.63, 3.8) is 0 Å². The maximum absolute atomic E-state index is 12.5. The maximum atomic E-state index is 12.5. The summed E-state index contributed by atoms with van der Waals surface area (Å²) in [4.78, 5) is 30.0. The molecule has 0 radical (unpaired) electrons. The van der Waals surface area contributed by atoms with E-state index in [1.165, 1.54) is 54.5 Å². The predicted molar refractivity (Wildman–Crippen MR) is 104 cm³/mol. The molecule has 0 saturated carbocycles. The van der Waals surface area contributed by atoms with Crippen LogP contribution in [0, 0.1) is 0 Å². The smallest absolute Gasteiger partial charge is 0.289 e. The topological polar surface area (TPSA) is 59.5 Å². The number of anilines is 1. The number of allylic oxidation sites excluding steroid dienone is 1. The number of thiazole rings is 1. The number of aromatic nitrogens is 1. The molecule has 0 spiro atoms. The minimum atomic E-state index is -2.57. The zero-order valence-electron chi connectivity index (χ0n) is 14.9. The number of ether oxygens (including phenoxy) is 1. The fraction of sp³-hybridized carbons (Fsp3) is 0.278. The third-order valence-corrected chi connectivity index (χ3v) is 5.16. The molecule has 9 heteroatoms. The summed E-state index contributed by atoms with van der Waals surface area (Å²) in [7, 11) is 1.36. The van der Waals surface area contributed by atoms with E-state index in [0.29, 0.717) is 34.7 Å². The van der Waals surface area contributed by atoms with E-state index >= 15 is 0 Å². The highest BCUT2D eigenvalue weighted by Crippen LogP contribution is 2.34. The van der Waals surface area contributed by atoms with Gasteiger partial charge in [0.15, 0.2) is 10.9 Å². The monoisotopic (exact) mass is 412 g/mol. The number of thioether (sulfide) groups is 1.